The molecule has 5 nitrogen and oxygen atoms in total. The average molecular weight is 454 g/mol. The highest BCUT2D eigenvalue weighted by Crippen LogP contribution is 2.43. The molecule has 5 rings (SSSR count). The molecule has 0 radical (unpaired) electrons. The molecule has 0 spiro atoms. The smallest absolute Gasteiger partial charge is 0.229 e. The minimum atomic E-state index is -0.229. The van der Waals surface area contributed by atoms with Crippen molar-refractivity contribution >= 4 is 23.4 Å². The molecule has 2 aliphatic rings. The first-order chi connectivity index (χ1) is 16.2. The summed E-state index contributed by atoms with van der Waals surface area (Å²) in [7, 11) is 0. The minimum Gasteiger partial charge on any atom is -0.489 e. The van der Waals surface area contributed by atoms with Crippen molar-refractivity contribution in [3.05, 3.63) is 107 Å². The van der Waals surface area contributed by atoms with E-state index in [-0.39, 0.29) is 11.8 Å². The number of hydrogen-bond acceptors (Lipinski definition) is 5. The molecule has 1 amide bonds. The zero-order chi connectivity index (χ0) is 22.6. The molecule has 2 heterocycles. The molecule has 0 aliphatic carbocycles. The monoisotopic (exact) mass is 453 g/mol. The molecule has 1 saturated heterocycles. The second-order valence-electron chi connectivity index (χ2n) is 8.04. The molecule has 1 atom stereocenters. The molecule has 0 N–H and O–H groups in total. The Hall–Kier alpha value is -3.69. The van der Waals surface area contributed by atoms with Crippen molar-refractivity contribution in [3.8, 4) is 11.8 Å². The van der Waals surface area contributed by atoms with Gasteiger partial charge in [0.2, 0.25) is 5.91 Å². The zero-order valence-electron chi connectivity index (χ0n) is 18.1. The molecule has 0 bridgehead atoms. The summed E-state index contributed by atoms with van der Waals surface area (Å²) >= 11 is 1.56. The summed E-state index contributed by atoms with van der Waals surface area (Å²) in [6.45, 7) is 0.967. The number of rotatable bonds is 5. The van der Waals surface area contributed by atoms with E-state index in [1.807, 2.05) is 84.9 Å². The molecule has 164 valence electrons. The number of amides is 1. The highest BCUT2D eigenvalue weighted by molar-refractivity contribution is 8.03. The van der Waals surface area contributed by atoms with Crippen molar-refractivity contribution in [2.45, 2.75) is 18.9 Å². The molecule has 1 fully saturated rings. The number of carbonyl (C=O) groups excluding carboxylic acids is 1. The highest BCUT2D eigenvalue weighted by Gasteiger charge is 2.38. The van der Waals surface area contributed by atoms with Crippen LogP contribution in [0, 0.1) is 11.3 Å². The van der Waals surface area contributed by atoms with E-state index in [2.05, 4.69) is 11.0 Å². The van der Waals surface area contributed by atoms with E-state index in [9.17, 15) is 10.1 Å². The van der Waals surface area contributed by atoms with Crippen molar-refractivity contribution in [2.75, 3.05) is 17.4 Å². The van der Waals surface area contributed by atoms with Gasteiger partial charge in [-0.1, -0.05) is 72.4 Å². The van der Waals surface area contributed by atoms with Crippen LogP contribution in [0.15, 0.2) is 95.5 Å². The Balaban J connectivity index is 1.33. The van der Waals surface area contributed by atoms with Crippen LogP contribution in [0.25, 0.3) is 0 Å². The maximum absolute atomic E-state index is 13.1. The third-order valence-corrected chi connectivity index (χ3v) is 7.10. The molecule has 2 aliphatic heterocycles. The van der Waals surface area contributed by atoms with Crippen molar-refractivity contribution < 1.29 is 9.53 Å². The summed E-state index contributed by atoms with van der Waals surface area (Å²) in [4.78, 5) is 17.0. The van der Waals surface area contributed by atoms with Gasteiger partial charge in [0.15, 0.2) is 0 Å². The quantitative estimate of drug-likeness (QED) is 0.512. The lowest BCUT2D eigenvalue weighted by Gasteiger charge is -2.42. The molecular formula is C27H23N3O2S. The van der Waals surface area contributed by atoms with Crippen LogP contribution in [0.3, 0.4) is 0 Å². The van der Waals surface area contributed by atoms with E-state index in [4.69, 9.17) is 4.74 Å². The number of thioether (sulfide) groups is 1. The zero-order valence-corrected chi connectivity index (χ0v) is 18.9. The van der Waals surface area contributed by atoms with Gasteiger partial charge in [0.05, 0.1) is 29.2 Å². The van der Waals surface area contributed by atoms with Gasteiger partial charge >= 0.3 is 0 Å². The van der Waals surface area contributed by atoms with Gasteiger partial charge in [-0.05, 0) is 35.4 Å². The van der Waals surface area contributed by atoms with Crippen LogP contribution < -0.4 is 9.64 Å². The van der Waals surface area contributed by atoms with Gasteiger partial charge in [-0.25, -0.2) is 0 Å². The topological polar surface area (TPSA) is 56.6 Å². The number of hydrogen-bond donors (Lipinski definition) is 0. The lowest BCUT2D eigenvalue weighted by molar-refractivity contribution is -0.129. The number of nitrogens with zero attached hydrogens (tertiary/aromatic N) is 3. The normalized spacial score (nSPS) is 18.0. The highest BCUT2D eigenvalue weighted by atomic mass is 32.2. The number of nitriles is 1. The Morgan fingerprint density at radius 3 is 2.36 bits per heavy atom. The summed E-state index contributed by atoms with van der Waals surface area (Å²) in [6, 6.07) is 30.2. The summed E-state index contributed by atoms with van der Waals surface area (Å²) in [5.74, 6) is 1.29. The van der Waals surface area contributed by atoms with Crippen molar-refractivity contribution in [3.63, 3.8) is 0 Å². The van der Waals surface area contributed by atoms with Gasteiger partial charge in [-0.2, -0.15) is 5.26 Å². The molecule has 3 aromatic rings. The first-order valence-electron chi connectivity index (χ1n) is 10.9. The fourth-order valence-corrected chi connectivity index (χ4v) is 5.35. The maximum atomic E-state index is 13.1. The van der Waals surface area contributed by atoms with Crippen molar-refractivity contribution in [1.82, 2.24) is 4.90 Å². The summed E-state index contributed by atoms with van der Waals surface area (Å²) in [5, 5.41) is 10.8. The predicted molar refractivity (Wildman–Crippen MR) is 130 cm³/mol. The van der Waals surface area contributed by atoms with Crippen LogP contribution in [-0.2, 0) is 11.4 Å². The first kappa shape index (κ1) is 21.2. The van der Waals surface area contributed by atoms with E-state index in [0.717, 1.165) is 27.6 Å². The van der Waals surface area contributed by atoms with E-state index in [1.165, 1.54) is 0 Å². The van der Waals surface area contributed by atoms with Gasteiger partial charge in [-0.15, -0.1) is 0 Å². The van der Waals surface area contributed by atoms with Gasteiger partial charge in [0, 0.05) is 18.0 Å². The molecular weight excluding hydrogens is 430 g/mol. The number of para-hydroxylation sites is 1. The summed E-state index contributed by atoms with van der Waals surface area (Å²) < 4.78 is 5.89. The van der Waals surface area contributed by atoms with Crippen LogP contribution in [0.2, 0.25) is 0 Å². The molecule has 0 aromatic heterocycles. The Morgan fingerprint density at radius 1 is 0.970 bits per heavy atom. The number of benzene rings is 3. The van der Waals surface area contributed by atoms with Crippen molar-refractivity contribution in [2.24, 2.45) is 0 Å². The maximum Gasteiger partial charge on any atom is 0.229 e. The standard InChI is InChI=1S/C27H23N3O2S/c28-16-25-24(21-11-13-23(14-12-21)32-17-20-7-3-1-4-8-20)15-26(31)30-18-29(19-33-27(25)30)22-9-5-2-6-10-22/h1-14,24H,15,17-19H2. The van der Waals surface area contributed by atoms with Gasteiger partial charge in [-0.3, -0.25) is 9.69 Å². The Kier molecular flexibility index (Phi) is 6.05. The lowest BCUT2D eigenvalue weighted by atomic mass is 9.86. The van der Waals surface area contributed by atoms with Crippen molar-refractivity contribution in [1.29, 1.82) is 5.26 Å². The number of carbonyl (C=O) groups is 1. The predicted octanol–water partition coefficient (Wildman–Crippen LogP) is 5.49. The summed E-state index contributed by atoms with van der Waals surface area (Å²) in [5.41, 5.74) is 3.81. The van der Waals surface area contributed by atoms with Crippen LogP contribution in [-0.4, -0.2) is 23.4 Å². The molecule has 3 aromatic carbocycles. The fourth-order valence-electron chi connectivity index (χ4n) is 4.19. The van der Waals surface area contributed by atoms with Crippen LogP contribution in [0.4, 0.5) is 5.69 Å². The average Bonchev–Trinajstić information content (AvgIpc) is 2.89. The second kappa shape index (κ2) is 9.43. The van der Waals surface area contributed by atoms with E-state index in [0.29, 0.717) is 31.1 Å². The van der Waals surface area contributed by atoms with Crippen LogP contribution >= 0.6 is 11.8 Å². The number of allylic oxidation sites excluding steroid dienone is 1. The number of anilines is 1. The number of fused-ring (bicyclic) bond motifs is 1. The van der Waals surface area contributed by atoms with E-state index >= 15 is 0 Å². The van der Waals surface area contributed by atoms with Gasteiger partial charge in [0.25, 0.3) is 0 Å². The number of ether oxygens (including phenoxy) is 1. The van der Waals surface area contributed by atoms with E-state index < -0.39 is 0 Å². The third-order valence-electron chi connectivity index (χ3n) is 5.95. The molecule has 6 heteroatoms. The third kappa shape index (κ3) is 4.46. The Labute approximate surface area is 197 Å². The second-order valence-corrected chi connectivity index (χ2v) is 8.98. The lowest BCUT2D eigenvalue weighted by Crippen LogP contribution is -2.47. The SMILES string of the molecule is N#CC1=C2SCN(c3ccccc3)CN2C(=O)CC1c1ccc(OCc2ccccc2)cc1. The Bertz CT molecular complexity index is 1200. The first-order valence-corrected chi connectivity index (χ1v) is 11.9. The minimum absolute atomic E-state index is 0.0477. The molecule has 0 saturated carbocycles. The van der Waals surface area contributed by atoms with Gasteiger partial charge < -0.3 is 9.64 Å². The molecule has 1 unspecified atom stereocenters. The van der Waals surface area contributed by atoms with Crippen LogP contribution in [0.1, 0.15) is 23.5 Å². The van der Waals surface area contributed by atoms with Gasteiger partial charge in [0.1, 0.15) is 12.4 Å². The molecule has 33 heavy (non-hydrogen) atoms. The summed E-state index contributed by atoms with van der Waals surface area (Å²) in [6.07, 6.45) is 0.291. The van der Waals surface area contributed by atoms with E-state index in [1.54, 1.807) is 16.7 Å². The largest absolute Gasteiger partial charge is 0.489 e. The van der Waals surface area contributed by atoms with Crippen LogP contribution in [0.5, 0.6) is 5.75 Å². The Morgan fingerprint density at radius 2 is 1.67 bits per heavy atom. The fraction of sp³-hybridized carbons (Fsp3) is 0.185.